The molecule has 1 aromatic rings. The van der Waals surface area contributed by atoms with Crippen molar-refractivity contribution in [1.82, 2.24) is 15.5 Å². The Kier molecular flexibility index (Phi) is 3.18. The highest BCUT2D eigenvalue weighted by Crippen LogP contribution is 2.10. The Bertz CT molecular complexity index is 386. The molecule has 0 aliphatic heterocycles. The Hall–Kier alpha value is -1.72. The first kappa shape index (κ1) is 11.4. The zero-order valence-electron chi connectivity index (χ0n) is 9.09. The fourth-order valence-electron chi connectivity index (χ4n) is 0.916. The number of hydrogen-bond donors (Lipinski definition) is 2. The summed E-state index contributed by atoms with van der Waals surface area (Å²) in [6.45, 7) is 9.66. The summed E-state index contributed by atoms with van der Waals surface area (Å²) in [5, 5.41) is 8.62. The molecule has 0 aromatic carbocycles. The maximum atomic E-state index is 10.6. The van der Waals surface area contributed by atoms with E-state index in [1.165, 1.54) is 0 Å². The van der Waals surface area contributed by atoms with E-state index < -0.39 is 5.76 Å². The molecule has 6 nitrogen and oxygen atoms in total. The molecule has 0 aliphatic rings. The second-order valence-corrected chi connectivity index (χ2v) is 4.00. The molecule has 1 heterocycles. The minimum atomic E-state index is -0.575. The molecule has 0 saturated carbocycles. The van der Waals surface area contributed by atoms with Gasteiger partial charge in [-0.25, -0.2) is 9.89 Å². The SMILES string of the molecule is C=C(NCc1n[nH]c(=O)o1)OC(C)(C)C. The largest absolute Gasteiger partial charge is 0.474 e. The van der Waals surface area contributed by atoms with Crippen LogP contribution in [0.5, 0.6) is 0 Å². The Morgan fingerprint density at radius 3 is 2.80 bits per heavy atom. The lowest BCUT2D eigenvalue weighted by atomic mass is 10.2. The van der Waals surface area contributed by atoms with Gasteiger partial charge in [0.1, 0.15) is 5.60 Å². The third kappa shape index (κ3) is 4.35. The molecule has 84 valence electrons. The van der Waals surface area contributed by atoms with Gasteiger partial charge in [-0.1, -0.05) is 0 Å². The smallest absolute Gasteiger partial charge is 0.434 e. The molecule has 1 rings (SSSR count). The molecule has 0 bridgehead atoms. The Morgan fingerprint density at radius 1 is 1.67 bits per heavy atom. The quantitative estimate of drug-likeness (QED) is 0.721. The number of nitrogens with zero attached hydrogens (tertiary/aromatic N) is 1. The van der Waals surface area contributed by atoms with Crippen LogP contribution < -0.4 is 11.1 Å². The molecule has 2 N–H and O–H groups in total. The molecule has 0 aliphatic carbocycles. The molecular formula is C9H15N3O3. The van der Waals surface area contributed by atoms with Crippen LogP contribution in [0.25, 0.3) is 0 Å². The molecule has 0 radical (unpaired) electrons. The van der Waals surface area contributed by atoms with E-state index >= 15 is 0 Å². The lowest BCUT2D eigenvalue weighted by molar-refractivity contribution is 0.0404. The number of hydrogen-bond acceptors (Lipinski definition) is 5. The Balaban J connectivity index is 2.38. The fourth-order valence-corrected chi connectivity index (χ4v) is 0.916. The summed E-state index contributed by atoms with van der Waals surface area (Å²) in [5.41, 5.74) is -0.309. The highest BCUT2D eigenvalue weighted by molar-refractivity contribution is 4.85. The van der Waals surface area contributed by atoms with Crippen LogP contribution in [0.2, 0.25) is 0 Å². The van der Waals surface area contributed by atoms with Gasteiger partial charge in [-0.15, -0.1) is 5.10 Å². The van der Waals surface area contributed by atoms with E-state index in [4.69, 9.17) is 4.74 Å². The number of ether oxygens (including phenoxy) is 1. The van der Waals surface area contributed by atoms with Crippen molar-refractivity contribution in [3.05, 3.63) is 28.9 Å². The van der Waals surface area contributed by atoms with Gasteiger partial charge in [0, 0.05) is 0 Å². The van der Waals surface area contributed by atoms with Gasteiger partial charge in [0.05, 0.1) is 6.54 Å². The van der Waals surface area contributed by atoms with Gasteiger partial charge in [0.25, 0.3) is 0 Å². The van der Waals surface area contributed by atoms with Crippen molar-refractivity contribution >= 4 is 0 Å². The predicted octanol–water partition coefficient (Wildman–Crippen LogP) is 0.739. The van der Waals surface area contributed by atoms with Crippen LogP contribution >= 0.6 is 0 Å². The summed E-state index contributed by atoms with van der Waals surface area (Å²) in [7, 11) is 0. The minimum Gasteiger partial charge on any atom is -0.474 e. The minimum absolute atomic E-state index is 0.258. The van der Waals surface area contributed by atoms with Crippen LogP contribution in [0.4, 0.5) is 0 Å². The van der Waals surface area contributed by atoms with Crippen molar-refractivity contribution in [2.24, 2.45) is 0 Å². The van der Waals surface area contributed by atoms with Crippen molar-refractivity contribution in [3.8, 4) is 0 Å². The van der Waals surface area contributed by atoms with E-state index in [-0.39, 0.29) is 18.0 Å². The van der Waals surface area contributed by atoms with Crippen LogP contribution in [-0.2, 0) is 11.3 Å². The lowest BCUT2D eigenvalue weighted by Gasteiger charge is -2.22. The van der Waals surface area contributed by atoms with Crippen molar-refractivity contribution in [2.45, 2.75) is 32.9 Å². The third-order valence-electron chi connectivity index (χ3n) is 1.35. The van der Waals surface area contributed by atoms with Gasteiger partial charge in [0.15, 0.2) is 5.88 Å². The maximum absolute atomic E-state index is 10.6. The molecule has 0 fully saturated rings. The van der Waals surface area contributed by atoms with Crippen LogP contribution in [0, 0.1) is 0 Å². The molecule has 0 unspecified atom stereocenters. The summed E-state index contributed by atoms with van der Waals surface area (Å²) in [6.07, 6.45) is 0. The molecule has 6 heteroatoms. The Morgan fingerprint density at radius 2 is 2.33 bits per heavy atom. The van der Waals surface area contributed by atoms with Crippen LogP contribution in [0.1, 0.15) is 26.7 Å². The normalized spacial score (nSPS) is 11.1. The summed E-state index contributed by atoms with van der Waals surface area (Å²) in [4.78, 5) is 10.6. The van der Waals surface area contributed by atoms with E-state index in [9.17, 15) is 4.79 Å². The van der Waals surface area contributed by atoms with E-state index in [0.29, 0.717) is 5.88 Å². The number of H-pyrrole nitrogens is 1. The fraction of sp³-hybridized carbons (Fsp3) is 0.556. The zero-order chi connectivity index (χ0) is 11.5. The van der Waals surface area contributed by atoms with E-state index in [2.05, 4.69) is 26.5 Å². The Labute approximate surface area is 87.3 Å². The third-order valence-corrected chi connectivity index (χ3v) is 1.35. The second kappa shape index (κ2) is 4.20. The van der Waals surface area contributed by atoms with E-state index in [0.717, 1.165) is 0 Å². The van der Waals surface area contributed by atoms with Crippen molar-refractivity contribution in [3.63, 3.8) is 0 Å². The molecule has 0 saturated heterocycles. The van der Waals surface area contributed by atoms with E-state index in [1.54, 1.807) is 0 Å². The van der Waals surface area contributed by atoms with Gasteiger partial charge in [-0.2, -0.15) is 0 Å². The molecular weight excluding hydrogens is 198 g/mol. The lowest BCUT2D eigenvalue weighted by Crippen LogP contribution is -2.25. The second-order valence-electron chi connectivity index (χ2n) is 4.00. The van der Waals surface area contributed by atoms with Gasteiger partial charge < -0.3 is 14.5 Å². The molecule has 15 heavy (non-hydrogen) atoms. The average Bonchev–Trinajstić information content (AvgIpc) is 2.45. The zero-order valence-corrected chi connectivity index (χ0v) is 9.09. The number of rotatable bonds is 4. The van der Waals surface area contributed by atoms with Crippen LogP contribution in [0.15, 0.2) is 21.7 Å². The molecule has 1 aromatic heterocycles. The van der Waals surface area contributed by atoms with Crippen LogP contribution in [-0.4, -0.2) is 15.8 Å². The number of aromatic nitrogens is 2. The summed E-state index contributed by atoms with van der Waals surface area (Å²) in [5.74, 6) is 0.0981. The summed E-state index contributed by atoms with van der Waals surface area (Å²) in [6, 6.07) is 0. The van der Waals surface area contributed by atoms with Crippen molar-refractivity contribution in [2.75, 3.05) is 0 Å². The highest BCUT2D eigenvalue weighted by Gasteiger charge is 2.12. The van der Waals surface area contributed by atoms with Gasteiger partial charge in [-0.05, 0) is 27.4 Å². The number of nitrogens with one attached hydrogen (secondary N) is 2. The van der Waals surface area contributed by atoms with Gasteiger partial charge >= 0.3 is 5.76 Å². The van der Waals surface area contributed by atoms with Crippen LogP contribution in [0.3, 0.4) is 0 Å². The predicted molar refractivity (Wildman–Crippen MR) is 53.9 cm³/mol. The van der Waals surface area contributed by atoms with Gasteiger partial charge in [0.2, 0.25) is 5.89 Å². The molecule has 0 spiro atoms. The standard InChI is InChI=1S/C9H15N3O3/c1-6(15-9(2,3)4)10-5-7-11-12-8(13)14-7/h10H,1,5H2,2-4H3,(H,12,13). The highest BCUT2D eigenvalue weighted by atomic mass is 16.5. The van der Waals surface area contributed by atoms with Gasteiger partial charge in [-0.3, -0.25) is 0 Å². The first-order valence-electron chi connectivity index (χ1n) is 4.53. The topological polar surface area (TPSA) is 80.2 Å². The summed E-state index contributed by atoms with van der Waals surface area (Å²) < 4.78 is 10.1. The average molecular weight is 213 g/mol. The number of aromatic amines is 1. The first-order valence-corrected chi connectivity index (χ1v) is 4.53. The van der Waals surface area contributed by atoms with Crippen molar-refractivity contribution in [1.29, 1.82) is 0 Å². The molecule has 0 amide bonds. The van der Waals surface area contributed by atoms with E-state index in [1.807, 2.05) is 20.8 Å². The monoisotopic (exact) mass is 213 g/mol. The summed E-state index contributed by atoms with van der Waals surface area (Å²) >= 11 is 0. The first-order chi connectivity index (χ1) is 6.87. The van der Waals surface area contributed by atoms with Crippen molar-refractivity contribution < 1.29 is 9.15 Å². The maximum Gasteiger partial charge on any atom is 0.434 e. The molecule has 0 atom stereocenters.